The lowest BCUT2D eigenvalue weighted by molar-refractivity contribution is 0.0538. The van der Waals surface area contributed by atoms with Crippen LogP contribution in [0.25, 0.3) is 0 Å². The van der Waals surface area contributed by atoms with E-state index in [1.54, 1.807) is 7.11 Å². The summed E-state index contributed by atoms with van der Waals surface area (Å²) in [5, 5.41) is 10.1. The Morgan fingerprint density at radius 1 is 1.50 bits per heavy atom. The van der Waals surface area contributed by atoms with Gasteiger partial charge in [0.1, 0.15) is 5.75 Å². The lowest BCUT2D eigenvalue weighted by Gasteiger charge is -2.17. The van der Waals surface area contributed by atoms with Crippen molar-refractivity contribution in [3.05, 3.63) is 29.3 Å². The molecule has 2 atom stereocenters. The molecule has 0 radical (unpaired) electrons. The summed E-state index contributed by atoms with van der Waals surface area (Å²) in [5.41, 5.74) is 2.26. The Morgan fingerprint density at radius 2 is 2.33 bits per heavy atom. The summed E-state index contributed by atoms with van der Waals surface area (Å²) < 4.78 is 10.9. The van der Waals surface area contributed by atoms with Gasteiger partial charge in [-0.15, -0.1) is 0 Å². The fraction of sp³-hybridized carbons (Fsp3) is 0.600. The molecule has 3 heteroatoms. The van der Waals surface area contributed by atoms with Gasteiger partial charge in [-0.1, -0.05) is 17.7 Å². The van der Waals surface area contributed by atoms with Gasteiger partial charge in [0.05, 0.1) is 19.3 Å². The van der Waals surface area contributed by atoms with Crippen molar-refractivity contribution < 1.29 is 14.6 Å². The van der Waals surface area contributed by atoms with Crippen molar-refractivity contribution in [3.8, 4) is 5.75 Å². The van der Waals surface area contributed by atoms with E-state index < -0.39 is 0 Å². The van der Waals surface area contributed by atoms with Crippen LogP contribution in [0, 0.1) is 6.92 Å². The predicted molar refractivity (Wildman–Crippen MR) is 71.0 cm³/mol. The highest BCUT2D eigenvalue weighted by atomic mass is 16.5. The molecule has 1 N–H and O–H groups in total. The number of rotatable bonds is 5. The highest BCUT2D eigenvalue weighted by molar-refractivity contribution is 5.37. The molecule has 1 aromatic carbocycles. The third kappa shape index (κ3) is 3.47. The van der Waals surface area contributed by atoms with Gasteiger partial charge in [-0.25, -0.2) is 0 Å². The van der Waals surface area contributed by atoms with Gasteiger partial charge in [-0.05, 0) is 37.8 Å². The van der Waals surface area contributed by atoms with E-state index in [0.29, 0.717) is 6.42 Å². The van der Waals surface area contributed by atoms with E-state index in [0.717, 1.165) is 37.2 Å². The zero-order chi connectivity index (χ0) is 13.0. The van der Waals surface area contributed by atoms with Crippen LogP contribution >= 0.6 is 0 Å². The Labute approximate surface area is 109 Å². The number of hydrogen-bond donors (Lipinski definition) is 1. The topological polar surface area (TPSA) is 38.7 Å². The molecule has 0 spiro atoms. The molecule has 1 aromatic rings. The number of methoxy groups -OCH3 is 1. The smallest absolute Gasteiger partial charge is 0.122 e. The normalized spacial score (nSPS) is 20.9. The Balaban J connectivity index is 1.96. The molecule has 2 rings (SSSR count). The molecule has 1 aliphatic rings. The SMILES string of the molecule is COc1ccc(C)cc1CC(O)CC1CCCO1. The number of aliphatic hydroxyl groups is 1. The standard InChI is InChI=1S/C15H22O3/c1-11-5-6-15(17-2)12(8-11)9-13(16)10-14-4-3-7-18-14/h5-6,8,13-14,16H,3-4,7,9-10H2,1-2H3. The molecule has 1 fully saturated rings. The van der Waals surface area contributed by atoms with Crippen molar-refractivity contribution in [1.29, 1.82) is 0 Å². The molecule has 18 heavy (non-hydrogen) atoms. The van der Waals surface area contributed by atoms with Crippen molar-refractivity contribution in [3.63, 3.8) is 0 Å². The van der Waals surface area contributed by atoms with E-state index in [9.17, 15) is 5.11 Å². The zero-order valence-electron chi connectivity index (χ0n) is 11.2. The summed E-state index contributed by atoms with van der Waals surface area (Å²) in [6, 6.07) is 6.07. The lowest BCUT2D eigenvalue weighted by atomic mass is 10.00. The second-order valence-corrected chi connectivity index (χ2v) is 5.04. The van der Waals surface area contributed by atoms with E-state index in [-0.39, 0.29) is 12.2 Å². The maximum atomic E-state index is 10.1. The van der Waals surface area contributed by atoms with Gasteiger partial charge < -0.3 is 14.6 Å². The zero-order valence-corrected chi connectivity index (χ0v) is 11.2. The summed E-state index contributed by atoms with van der Waals surface area (Å²) in [4.78, 5) is 0. The molecule has 0 saturated carbocycles. The highest BCUT2D eigenvalue weighted by Crippen LogP contribution is 2.24. The van der Waals surface area contributed by atoms with Crippen LogP contribution in [0.4, 0.5) is 0 Å². The minimum atomic E-state index is -0.358. The van der Waals surface area contributed by atoms with Gasteiger partial charge in [-0.3, -0.25) is 0 Å². The number of aryl methyl sites for hydroxylation is 1. The van der Waals surface area contributed by atoms with Crippen LogP contribution in [0.2, 0.25) is 0 Å². The van der Waals surface area contributed by atoms with Gasteiger partial charge in [0.15, 0.2) is 0 Å². The van der Waals surface area contributed by atoms with Gasteiger partial charge in [-0.2, -0.15) is 0 Å². The summed E-state index contributed by atoms with van der Waals surface area (Å²) in [6.45, 7) is 2.89. The summed E-state index contributed by atoms with van der Waals surface area (Å²) in [7, 11) is 1.67. The van der Waals surface area contributed by atoms with Crippen LogP contribution in [0.5, 0.6) is 5.75 Å². The van der Waals surface area contributed by atoms with Crippen molar-refractivity contribution in [2.24, 2.45) is 0 Å². The monoisotopic (exact) mass is 250 g/mol. The first-order valence-electron chi connectivity index (χ1n) is 6.62. The quantitative estimate of drug-likeness (QED) is 0.872. The molecule has 100 valence electrons. The molecule has 1 heterocycles. The van der Waals surface area contributed by atoms with Crippen LogP contribution in [0.15, 0.2) is 18.2 Å². The van der Waals surface area contributed by atoms with E-state index >= 15 is 0 Å². The molecule has 1 aliphatic heterocycles. The maximum absolute atomic E-state index is 10.1. The van der Waals surface area contributed by atoms with E-state index in [4.69, 9.17) is 9.47 Å². The summed E-state index contributed by atoms with van der Waals surface area (Å²) in [5.74, 6) is 0.854. The first-order chi connectivity index (χ1) is 8.69. The Kier molecular flexibility index (Phi) is 4.61. The summed E-state index contributed by atoms with van der Waals surface area (Å²) in [6.07, 6.45) is 3.41. The lowest BCUT2D eigenvalue weighted by Crippen LogP contribution is -2.19. The fourth-order valence-electron chi connectivity index (χ4n) is 2.54. The van der Waals surface area contributed by atoms with Gasteiger partial charge in [0.2, 0.25) is 0 Å². The van der Waals surface area contributed by atoms with Crippen molar-refractivity contribution in [1.82, 2.24) is 0 Å². The van der Waals surface area contributed by atoms with E-state index in [1.807, 2.05) is 12.1 Å². The minimum absolute atomic E-state index is 0.232. The Hall–Kier alpha value is -1.06. The Bertz CT molecular complexity index is 383. The first-order valence-corrected chi connectivity index (χ1v) is 6.62. The number of ether oxygens (including phenoxy) is 2. The average molecular weight is 250 g/mol. The molecular formula is C15H22O3. The minimum Gasteiger partial charge on any atom is -0.496 e. The third-order valence-corrected chi connectivity index (χ3v) is 3.45. The van der Waals surface area contributed by atoms with Gasteiger partial charge >= 0.3 is 0 Å². The van der Waals surface area contributed by atoms with Crippen LogP contribution in [-0.2, 0) is 11.2 Å². The largest absolute Gasteiger partial charge is 0.496 e. The Morgan fingerprint density at radius 3 is 3.00 bits per heavy atom. The van der Waals surface area contributed by atoms with Crippen LogP contribution in [0.3, 0.4) is 0 Å². The number of aliphatic hydroxyl groups excluding tert-OH is 1. The molecule has 3 nitrogen and oxygen atoms in total. The van der Waals surface area contributed by atoms with E-state index in [1.165, 1.54) is 5.56 Å². The second-order valence-electron chi connectivity index (χ2n) is 5.04. The molecule has 1 saturated heterocycles. The maximum Gasteiger partial charge on any atom is 0.122 e. The summed E-state index contributed by atoms with van der Waals surface area (Å²) >= 11 is 0. The van der Waals surface area contributed by atoms with Crippen LogP contribution in [-0.4, -0.2) is 31.0 Å². The highest BCUT2D eigenvalue weighted by Gasteiger charge is 2.20. The molecule has 2 unspecified atom stereocenters. The molecule has 0 bridgehead atoms. The van der Waals surface area contributed by atoms with Gasteiger partial charge in [0, 0.05) is 13.0 Å². The predicted octanol–water partition coefficient (Wildman–Crippen LogP) is 2.48. The molecule has 0 aliphatic carbocycles. The van der Waals surface area contributed by atoms with Gasteiger partial charge in [0.25, 0.3) is 0 Å². The molecule has 0 amide bonds. The van der Waals surface area contributed by atoms with Crippen molar-refractivity contribution in [2.75, 3.05) is 13.7 Å². The van der Waals surface area contributed by atoms with Crippen LogP contribution in [0.1, 0.15) is 30.4 Å². The van der Waals surface area contributed by atoms with Crippen molar-refractivity contribution >= 4 is 0 Å². The third-order valence-electron chi connectivity index (χ3n) is 3.45. The average Bonchev–Trinajstić information content (AvgIpc) is 2.82. The number of hydrogen-bond acceptors (Lipinski definition) is 3. The molecular weight excluding hydrogens is 228 g/mol. The van der Waals surface area contributed by atoms with E-state index in [2.05, 4.69) is 13.0 Å². The van der Waals surface area contributed by atoms with Crippen molar-refractivity contribution in [2.45, 2.75) is 44.8 Å². The first kappa shape index (κ1) is 13.4. The second kappa shape index (κ2) is 6.21. The number of benzene rings is 1. The fourth-order valence-corrected chi connectivity index (χ4v) is 2.54. The van der Waals surface area contributed by atoms with Crippen LogP contribution < -0.4 is 4.74 Å². The molecule has 0 aromatic heterocycles.